The highest BCUT2D eigenvalue weighted by Crippen LogP contribution is 2.31. The number of nitrogens with zero attached hydrogens (tertiary/aromatic N) is 1. The first-order valence-corrected chi connectivity index (χ1v) is 5.98. The summed E-state index contributed by atoms with van der Waals surface area (Å²) in [5, 5.41) is 0. The van der Waals surface area contributed by atoms with Crippen LogP contribution in [0, 0.1) is 11.8 Å². The molecule has 2 atom stereocenters. The van der Waals surface area contributed by atoms with Crippen LogP contribution in [0.5, 0.6) is 0 Å². The maximum Gasteiger partial charge on any atom is 0.0625 e. The van der Waals surface area contributed by atoms with Crippen LogP contribution in [-0.2, 0) is 4.74 Å². The molecule has 1 aliphatic rings. The first-order valence-electron chi connectivity index (χ1n) is 5.98. The van der Waals surface area contributed by atoms with E-state index in [0.29, 0.717) is 11.8 Å². The lowest BCUT2D eigenvalue weighted by molar-refractivity contribution is 0.146. The molecule has 86 valence electrons. The molecule has 2 unspecified atom stereocenters. The van der Waals surface area contributed by atoms with Gasteiger partial charge in [0.1, 0.15) is 0 Å². The second kappa shape index (κ2) is 5.80. The number of hydrogen-bond donors (Lipinski definition) is 0. The summed E-state index contributed by atoms with van der Waals surface area (Å²) in [6.07, 6.45) is 5.95. The molecule has 2 nitrogen and oxygen atoms in total. The zero-order chi connectivity index (χ0) is 11.2. The number of para-hydroxylation sites is 1. The second-order valence-electron chi connectivity index (χ2n) is 4.42. The molecule has 1 aromatic rings. The van der Waals surface area contributed by atoms with Crippen molar-refractivity contribution in [3.8, 4) is 0 Å². The topological polar surface area (TPSA) is 21.6 Å². The van der Waals surface area contributed by atoms with Gasteiger partial charge in [-0.2, -0.15) is 0 Å². The minimum atomic E-state index is 0.597. The highest BCUT2D eigenvalue weighted by atomic mass is 16.5. The molecule has 0 amide bonds. The normalized spacial score (nSPS) is 25.3. The van der Waals surface area contributed by atoms with Gasteiger partial charge in [-0.1, -0.05) is 24.6 Å². The van der Waals surface area contributed by atoms with Gasteiger partial charge in [-0.25, -0.2) is 0 Å². The van der Waals surface area contributed by atoms with Gasteiger partial charge in [0.25, 0.3) is 0 Å². The van der Waals surface area contributed by atoms with Gasteiger partial charge >= 0.3 is 0 Å². The quantitative estimate of drug-likeness (QED) is 0.708. The molecule has 2 rings (SSSR count). The van der Waals surface area contributed by atoms with Crippen LogP contribution in [0.4, 0.5) is 5.69 Å². The van der Waals surface area contributed by atoms with Crippen molar-refractivity contribution in [1.29, 1.82) is 0 Å². The van der Waals surface area contributed by atoms with E-state index < -0.39 is 0 Å². The van der Waals surface area contributed by atoms with Crippen LogP contribution in [-0.4, -0.2) is 19.9 Å². The molecule has 1 aromatic carbocycles. The Balaban J connectivity index is 1.96. The summed E-state index contributed by atoms with van der Waals surface area (Å²) >= 11 is 0. The van der Waals surface area contributed by atoms with Crippen LogP contribution in [0.2, 0.25) is 0 Å². The van der Waals surface area contributed by atoms with Gasteiger partial charge in [0.15, 0.2) is 0 Å². The molecular formula is C14H19NO. The first kappa shape index (κ1) is 11.3. The Morgan fingerprint density at radius 2 is 2.12 bits per heavy atom. The van der Waals surface area contributed by atoms with Crippen LogP contribution in [0.3, 0.4) is 0 Å². The van der Waals surface area contributed by atoms with Gasteiger partial charge in [0.05, 0.1) is 5.69 Å². The van der Waals surface area contributed by atoms with Crippen molar-refractivity contribution in [3.05, 3.63) is 30.3 Å². The number of benzene rings is 1. The Morgan fingerprint density at radius 3 is 2.88 bits per heavy atom. The average molecular weight is 217 g/mol. The molecule has 0 spiro atoms. The number of aliphatic imine (C=N–C) groups is 1. The Hall–Kier alpha value is -1.15. The molecule has 0 bridgehead atoms. The van der Waals surface area contributed by atoms with Gasteiger partial charge in [-0.15, -0.1) is 0 Å². The van der Waals surface area contributed by atoms with E-state index in [2.05, 4.69) is 11.2 Å². The molecule has 1 saturated carbocycles. The van der Waals surface area contributed by atoms with Crippen molar-refractivity contribution in [1.82, 2.24) is 0 Å². The molecule has 0 heterocycles. The van der Waals surface area contributed by atoms with E-state index in [1.807, 2.05) is 30.3 Å². The van der Waals surface area contributed by atoms with E-state index in [9.17, 15) is 0 Å². The zero-order valence-electron chi connectivity index (χ0n) is 9.80. The number of methoxy groups -OCH3 is 1. The van der Waals surface area contributed by atoms with E-state index in [-0.39, 0.29) is 0 Å². The third kappa shape index (κ3) is 2.92. The Bertz CT molecular complexity index is 334. The highest BCUT2D eigenvalue weighted by Gasteiger charge is 2.25. The lowest BCUT2D eigenvalue weighted by atomic mass is 9.98. The fraction of sp³-hybridized carbons (Fsp3) is 0.500. The summed E-state index contributed by atoms with van der Waals surface area (Å²) in [7, 11) is 1.78. The monoisotopic (exact) mass is 217 g/mol. The fourth-order valence-corrected chi connectivity index (χ4v) is 2.38. The van der Waals surface area contributed by atoms with Gasteiger partial charge in [0.2, 0.25) is 0 Å². The van der Waals surface area contributed by atoms with Crippen LogP contribution in [0.25, 0.3) is 0 Å². The SMILES string of the molecule is COCC1CCCC1C=Nc1ccccc1. The summed E-state index contributed by atoms with van der Waals surface area (Å²) in [5.74, 6) is 1.26. The Labute approximate surface area is 97.4 Å². The van der Waals surface area contributed by atoms with Gasteiger partial charge in [0, 0.05) is 19.9 Å². The Kier molecular flexibility index (Phi) is 4.11. The highest BCUT2D eigenvalue weighted by molar-refractivity contribution is 5.66. The lowest BCUT2D eigenvalue weighted by Crippen LogP contribution is -2.14. The maximum atomic E-state index is 5.25. The van der Waals surface area contributed by atoms with E-state index in [0.717, 1.165) is 12.3 Å². The summed E-state index contributed by atoms with van der Waals surface area (Å²) in [4.78, 5) is 4.54. The molecule has 0 N–H and O–H groups in total. The van der Waals surface area contributed by atoms with Gasteiger partial charge < -0.3 is 4.74 Å². The molecule has 1 aliphatic carbocycles. The van der Waals surface area contributed by atoms with Crippen molar-refractivity contribution in [3.63, 3.8) is 0 Å². The number of ether oxygens (including phenoxy) is 1. The van der Waals surface area contributed by atoms with Crippen LogP contribution < -0.4 is 0 Å². The summed E-state index contributed by atoms with van der Waals surface area (Å²) in [6.45, 7) is 0.867. The first-order chi connectivity index (χ1) is 7.90. The van der Waals surface area contributed by atoms with Crippen LogP contribution in [0.15, 0.2) is 35.3 Å². The largest absolute Gasteiger partial charge is 0.384 e. The zero-order valence-corrected chi connectivity index (χ0v) is 9.80. The summed E-state index contributed by atoms with van der Waals surface area (Å²) in [6, 6.07) is 10.1. The van der Waals surface area contributed by atoms with Crippen molar-refractivity contribution < 1.29 is 4.74 Å². The molecule has 0 saturated heterocycles. The molecule has 0 aromatic heterocycles. The summed E-state index contributed by atoms with van der Waals surface area (Å²) in [5.41, 5.74) is 1.05. The summed E-state index contributed by atoms with van der Waals surface area (Å²) < 4.78 is 5.25. The van der Waals surface area contributed by atoms with Crippen molar-refractivity contribution in [2.45, 2.75) is 19.3 Å². The standard InChI is InChI=1S/C14H19NO/c1-16-11-13-7-5-6-12(13)10-15-14-8-3-2-4-9-14/h2-4,8-10,12-13H,5-7,11H2,1H3. The fourth-order valence-electron chi connectivity index (χ4n) is 2.38. The minimum Gasteiger partial charge on any atom is -0.384 e. The third-order valence-corrected chi connectivity index (χ3v) is 3.27. The molecule has 0 aliphatic heterocycles. The maximum absolute atomic E-state index is 5.25. The van der Waals surface area contributed by atoms with E-state index in [1.54, 1.807) is 7.11 Å². The predicted molar refractivity (Wildman–Crippen MR) is 67.3 cm³/mol. The van der Waals surface area contributed by atoms with Gasteiger partial charge in [-0.05, 0) is 36.8 Å². The lowest BCUT2D eigenvalue weighted by Gasteiger charge is -2.13. The minimum absolute atomic E-state index is 0.597. The third-order valence-electron chi connectivity index (χ3n) is 3.27. The molecule has 0 radical (unpaired) electrons. The van der Waals surface area contributed by atoms with E-state index >= 15 is 0 Å². The van der Waals surface area contributed by atoms with Crippen LogP contribution >= 0.6 is 0 Å². The van der Waals surface area contributed by atoms with E-state index in [4.69, 9.17) is 4.74 Å². The van der Waals surface area contributed by atoms with Gasteiger partial charge in [-0.3, -0.25) is 4.99 Å². The van der Waals surface area contributed by atoms with Crippen molar-refractivity contribution >= 4 is 11.9 Å². The number of hydrogen-bond acceptors (Lipinski definition) is 2. The van der Waals surface area contributed by atoms with Crippen molar-refractivity contribution in [2.75, 3.05) is 13.7 Å². The molecular weight excluding hydrogens is 198 g/mol. The molecule has 2 heteroatoms. The molecule has 1 fully saturated rings. The van der Waals surface area contributed by atoms with Crippen molar-refractivity contribution in [2.24, 2.45) is 16.8 Å². The van der Waals surface area contributed by atoms with Crippen LogP contribution in [0.1, 0.15) is 19.3 Å². The smallest absolute Gasteiger partial charge is 0.0625 e. The average Bonchev–Trinajstić information content (AvgIpc) is 2.76. The predicted octanol–water partition coefficient (Wildman–Crippen LogP) is 3.45. The Morgan fingerprint density at radius 1 is 1.31 bits per heavy atom. The molecule has 16 heavy (non-hydrogen) atoms. The number of rotatable bonds is 4. The second-order valence-corrected chi connectivity index (χ2v) is 4.42. The van der Waals surface area contributed by atoms with E-state index in [1.165, 1.54) is 19.3 Å².